The second-order valence-electron chi connectivity index (χ2n) is 12.2. The van der Waals surface area contributed by atoms with Crippen LogP contribution in [0.1, 0.15) is 111 Å². The first-order valence-corrected chi connectivity index (χ1v) is 16.6. The van der Waals surface area contributed by atoms with Crippen molar-refractivity contribution in [3.63, 3.8) is 0 Å². The molecule has 4 heteroatoms. The van der Waals surface area contributed by atoms with Gasteiger partial charge in [-0.15, -0.1) is 0 Å². The topological polar surface area (TPSA) is 41.1 Å². The molecule has 0 saturated heterocycles. The van der Waals surface area contributed by atoms with Gasteiger partial charge in [0.05, 0.1) is 17.0 Å². The molecule has 2 N–H and O–H groups in total. The van der Waals surface area contributed by atoms with Crippen LogP contribution in [0.5, 0.6) is 0 Å². The minimum absolute atomic E-state index is 0.0618. The summed E-state index contributed by atoms with van der Waals surface area (Å²) in [7, 11) is -1.42. The normalized spacial score (nSPS) is 13.9. The van der Waals surface area contributed by atoms with E-state index in [9.17, 15) is 4.21 Å². The summed E-state index contributed by atoms with van der Waals surface area (Å²) >= 11 is 0. The Balaban J connectivity index is 1.71. The third kappa shape index (κ3) is 8.28. The van der Waals surface area contributed by atoms with Crippen molar-refractivity contribution >= 4 is 11.0 Å². The van der Waals surface area contributed by atoms with Gasteiger partial charge in [-0.1, -0.05) is 145 Å². The summed E-state index contributed by atoms with van der Waals surface area (Å²) in [5.41, 5.74) is 7.31. The molecule has 0 saturated carbocycles. The minimum Gasteiger partial charge on any atom is -0.308 e. The lowest BCUT2D eigenvalue weighted by molar-refractivity contribution is 0.427. The van der Waals surface area contributed by atoms with E-state index >= 15 is 0 Å². The molecule has 0 amide bonds. The van der Waals surface area contributed by atoms with Crippen molar-refractivity contribution in [3.8, 4) is 0 Å². The Morgan fingerprint density at radius 3 is 1.55 bits per heavy atom. The van der Waals surface area contributed by atoms with Crippen molar-refractivity contribution in [2.24, 2.45) is 0 Å². The Labute approximate surface area is 256 Å². The fourth-order valence-corrected chi connectivity index (χ4v) is 7.19. The van der Waals surface area contributed by atoms with Crippen LogP contribution < -0.4 is 10.0 Å². The number of rotatable bonds is 14. The van der Waals surface area contributed by atoms with Gasteiger partial charge in [0.1, 0.15) is 11.0 Å². The Kier molecular flexibility index (Phi) is 11.7. The van der Waals surface area contributed by atoms with Gasteiger partial charge < -0.3 is 5.32 Å². The molecule has 4 aromatic carbocycles. The second kappa shape index (κ2) is 15.4. The molecule has 3 nitrogen and oxygen atoms in total. The summed E-state index contributed by atoms with van der Waals surface area (Å²) in [6, 6.07) is 36.0. The van der Waals surface area contributed by atoms with Crippen molar-refractivity contribution in [3.05, 3.63) is 137 Å². The third-order valence-corrected chi connectivity index (χ3v) is 9.31. The van der Waals surface area contributed by atoms with Crippen LogP contribution in [0, 0.1) is 0 Å². The van der Waals surface area contributed by atoms with Gasteiger partial charge in [0.2, 0.25) is 0 Å². The highest BCUT2D eigenvalue weighted by atomic mass is 32.2. The van der Waals surface area contributed by atoms with Crippen molar-refractivity contribution < 1.29 is 4.21 Å². The largest absolute Gasteiger partial charge is 0.308 e. The van der Waals surface area contributed by atoms with E-state index in [4.69, 9.17) is 0 Å². The van der Waals surface area contributed by atoms with Gasteiger partial charge in [-0.25, -0.2) is 8.93 Å². The number of nitrogens with one attached hydrogen (secondary N) is 2. The minimum atomic E-state index is -1.42. The van der Waals surface area contributed by atoms with E-state index in [1.54, 1.807) is 0 Å². The fourth-order valence-electron chi connectivity index (χ4n) is 5.55. The molecule has 0 aliphatic heterocycles. The van der Waals surface area contributed by atoms with Crippen LogP contribution in [-0.2, 0) is 17.4 Å². The van der Waals surface area contributed by atoms with Gasteiger partial charge >= 0.3 is 0 Å². The lowest BCUT2D eigenvalue weighted by atomic mass is 9.89. The van der Waals surface area contributed by atoms with Crippen LogP contribution in [0.25, 0.3) is 0 Å². The Morgan fingerprint density at radius 2 is 1.07 bits per heavy atom. The van der Waals surface area contributed by atoms with Crippen molar-refractivity contribution in [2.75, 3.05) is 6.54 Å². The summed E-state index contributed by atoms with van der Waals surface area (Å²) < 4.78 is 18.2. The smallest absolute Gasteiger partial charge is 0.126 e. The molecular formula is C38H48N2OS. The SMILES string of the molecule is CC(C)c1cc(C(C)C)c(S(=O)NC(c2ccccc2)[C@@H](NCCCc2ccccc2)c2ccccc2)c(C(C)C)c1. The van der Waals surface area contributed by atoms with Crippen LogP contribution in [0.2, 0.25) is 0 Å². The first-order chi connectivity index (χ1) is 20.3. The lowest BCUT2D eigenvalue weighted by Gasteiger charge is -2.31. The van der Waals surface area contributed by atoms with E-state index in [0.717, 1.165) is 29.8 Å². The Bertz CT molecular complexity index is 1370. The maximum atomic E-state index is 14.6. The summed E-state index contributed by atoms with van der Waals surface area (Å²) in [6.07, 6.45) is 2.03. The van der Waals surface area contributed by atoms with E-state index in [1.807, 2.05) is 6.07 Å². The van der Waals surface area contributed by atoms with E-state index < -0.39 is 11.0 Å². The Hall–Kier alpha value is -3.05. The lowest BCUT2D eigenvalue weighted by Crippen LogP contribution is -2.37. The predicted molar refractivity (Wildman–Crippen MR) is 179 cm³/mol. The van der Waals surface area contributed by atoms with Gasteiger partial charge in [0.25, 0.3) is 0 Å². The molecule has 0 bridgehead atoms. The molecule has 4 rings (SSSR count). The van der Waals surface area contributed by atoms with Crippen molar-refractivity contribution in [1.29, 1.82) is 0 Å². The molecule has 0 aliphatic carbocycles. The second-order valence-corrected chi connectivity index (χ2v) is 13.4. The van der Waals surface area contributed by atoms with E-state index in [0.29, 0.717) is 5.92 Å². The molecule has 0 fully saturated rings. The molecule has 0 heterocycles. The average Bonchev–Trinajstić information content (AvgIpc) is 3.00. The standard InChI is InChI=1S/C38H48N2OS/c1-27(2)33-25-34(28(3)4)38(35(26-33)29(5)6)42(41)40-37(32-22-14-9-15-23-32)36(31-20-12-8-13-21-31)39-24-16-19-30-17-10-7-11-18-30/h7-15,17-18,20-23,25-29,36-37,39-40H,16,19,24H2,1-6H3/t36-,37?,42?/m0/s1. The van der Waals surface area contributed by atoms with Crippen LogP contribution in [-0.4, -0.2) is 10.8 Å². The highest BCUT2D eigenvalue weighted by Crippen LogP contribution is 2.36. The van der Waals surface area contributed by atoms with Crippen LogP contribution in [0.15, 0.2) is 108 Å². The Morgan fingerprint density at radius 1 is 0.595 bits per heavy atom. The summed E-state index contributed by atoms with van der Waals surface area (Å²) in [4.78, 5) is 0.946. The zero-order chi connectivity index (χ0) is 30.1. The monoisotopic (exact) mass is 580 g/mol. The molecule has 2 unspecified atom stereocenters. The maximum Gasteiger partial charge on any atom is 0.126 e. The van der Waals surface area contributed by atoms with Crippen molar-refractivity contribution in [2.45, 2.75) is 89.1 Å². The molecule has 0 aromatic heterocycles. The van der Waals surface area contributed by atoms with Gasteiger partial charge in [-0.2, -0.15) is 0 Å². The first kappa shape index (κ1) is 31.9. The molecule has 0 radical (unpaired) electrons. The zero-order valence-corrected chi connectivity index (χ0v) is 27.0. The fraction of sp³-hybridized carbons (Fsp3) is 0.368. The predicted octanol–water partition coefficient (Wildman–Crippen LogP) is 9.37. The third-order valence-electron chi connectivity index (χ3n) is 8.00. The number of hydrogen-bond donors (Lipinski definition) is 2. The van der Waals surface area contributed by atoms with Crippen molar-refractivity contribution in [1.82, 2.24) is 10.0 Å². The highest BCUT2D eigenvalue weighted by molar-refractivity contribution is 7.83. The molecule has 4 aromatic rings. The summed E-state index contributed by atoms with van der Waals surface area (Å²) in [5, 5.41) is 3.86. The van der Waals surface area contributed by atoms with Gasteiger partial charge in [0.15, 0.2) is 0 Å². The quantitative estimate of drug-likeness (QED) is 0.146. The highest BCUT2D eigenvalue weighted by Gasteiger charge is 2.29. The van der Waals surface area contributed by atoms with Crippen LogP contribution in [0.3, 0.4) is 0 Å². The molecule has 3 atom stereocenters. The summed E-state index contributed by atoms with van der Waals surface area (Å²) in [5.74, 6) is 0.936. The average molecular weight is 581 g/mol. The number of aryl methyl sites for hydroxylation is 1. The van der Waals surface area contributed by atoms with Crippen LogP contribution >= 0.6 is 0 Å². The van der Waals surface area contributed by atoms with Gasteiger partial charge in [-0.3, -0.25) is 0 Å². The van der Waals surface area contributed by atoms with E-state index in [-0.39, 0.29) is 23.9 Å². The van der Waals surface area contributed by atoms with E-state index in [2.05, 4.69) is 149 Å². The molecule has 0 spiro atoms. The number of hydrogen-bond acceptors (Lipinski definition) is 2. The first-order valence-electron chi connectivity index (χ1n) is 15.5. The van der Waals surface area contributed by atoms with Gasteiger partial charge in [-0.05, 0) is 70.5 Å². The van der Waals surface area contributed by atoms with E-state index in [1.165, 1.54) is 27.8 Å². The molecule has 42 heavy (non-hydrogen) atoms. The maximum absolute atomic E-state index is 14.6. The zero-order valence-electron chi connectivity index (χ0n) is 26.1. The summed E-state index contributed by atoms with van der Waals surface area (Å²) in [6.45, 7) is 14.2. The molecule has 0 aliphatic rings. The van der Waals surface area contributed by atoms with Crippen LogP contribution in [0.4, 0.5) is 0 Å². The molecule has 222 valence electrons. The molecular weight excluding hydrogens is 532 g/mol. The number of benzene rings is 4. The van der Waals surface area contributed by atoms with Gasteiger partial charge in [0, 0.05) is 0 Å².